The number of imidazole rings is 1. The first-order valence-electron chi connectivity index (χ1n) is 5.07. The topological polar surface area (TPSA) is 55.1 Å². The lowest BCUT2D eigenvalue weighted by molar-refractivity contribution is 0.0968. The number of carbonyl (C=O) groups is 1. The highest BCUT2D eigenvalue weighted by Gasteiger charge is 2.13. The minimum Gasteiger partial charge on any atom is -0.507 e. The number of nitrogens with zero attached hydrogens (tertiary/aromatic N) is 2. The number of phenols is 1. The summed E-state index contributed by atoms with van der Waals surface area (Å²) in [6.45, 7) is 1.95. The van der Waals surface area contributed by atoms with E-state index in [-0.39, 0.29) is 23.6 Å². The quantitative estimate of drug-likeness (QED) is 0.852. The Kier molecular flexibility index (Phi) is 3.15. The highest BCUT2D eigenvalue weighted by molar-refractivity contribution is 6.31. The molecule has 1 aromatic heterocycles. The molecule has 0 saturated carbocycles. The van der Waals surface area contributed by atoms with Gasteiger partial charge in [-0.25, -0.2) is 4.98 Å². The molecule has 0 spiro atoms. The van der Waals surface area contributed by atoms with Crippen LogP contribution in [0, 0.1) is 6.92 Å². The van der Waals surface area contributed by atoms with Gasteiger partial charge < -0.3 is 9.67 Å². The molecule has 1 heterocycles. The number of hydrogen-bond donors (Lipinski definition) is 1. The summed E-state index contributed by atoms with van der Waals surface area (Å²) in [5, 5.41) is 10.0. The normalized spacial score (nSPS) is 10.5. The van der Waals surface area contributed by atoms with Gasteiger partial charge in [-0.2, -0.15) is 0 Å². The van der Waals surface area contributed by atoms with Crippen LogP contribution in [0.3, 0.4) is 0 Å². The third-order valence-corrected chi connectivity index (χ3v) is 2.73. The van der Waals surface area contributed by atoms with Crippen molar-refractivity contribution in [3.05, 3.63) is 47.0 Å². The van der Waals surface area contributed by atoms with E-state index >= 15 is 0 Å². The Morgan fingerprint density at radius 1 is 1.53 bits per heavy atom. The van der Waals surface area contributed by atoms with Gasteiger partial charge in [-0.05, 0) is 25.1 Å². The van der Waals surface area contributed by atoms with Crippen LogP contribution in [0.1, 0.15) is 16.2 Å². The molecule has 88 valence electrons. The summed E-state index contributed by atoms with van der Waals surface area (Å²) in [4.78, 5) is 16.0. The predicted octanol–water partition coefficient (Wildman–Crippen LogP) is 2.43. The smallest absolute Gasteiger partial charge is 0.186 e. The molecule has 2 rings (SSSR count). The van der Waals surface area contributed by atoms with Gasteiger partial charge in [-0.3, -0.25) is 4.79 Å². The van der Waals surface area contributed by atoms with E-state index in [1.807, 2.05) is 6.92 Å². The first-order chi connectivity index (χ1) is 8.08. The van der Waals surface area contributed by atoms with E-state index in [1.165, 1.54) is 18.2 Å². The number of Topliss-reactive ketones (excluding diaryl/α,β-unsaturated/α-hetero) is 1. The summed E-state index contributed by atoms with van der Waals surface area (Å²) in [7, 11) is 0. The van der Waals surface area contributed by atoms with Crippen molar-refractivity contribution in [3.63, 3.8) is 0 Å². The maximum atomic E-state index is 12.0. The molecule has 0 bridgehead atoms. The van der Waals surface area contributed by atoms with Crippen molar-refractivity contribution in [2.75, 3.05) is 0 Å². The lowest BCUT2D eigenvalue weighted by Gasteiger charge is -2.06. The van der Waals surface area contributed by atoms with Crippen LogP contribution in [0.5, 0.6) is 5.75 Å². The summed E-state index contributed by atoms with van der Waals surface area (Å²) in [6, 6.07) is 4.41. The van der Waals surface area contributed by atoms with E-state index in [1.54, 1.807) is 17.0 Å². The van der Waals surface area contributed by atoms with Gasteiger partial charge in [0.05, 0.1) is 12.1 Å². The van der Waals surface area contributed by atoms with Crippen molar-refractivity contribution in [3.8, 4) is 5.75 Å². The molecule has 0 saturated heterocycles. The standard InChI is InChI=1S/C12H11ClN2O2/c1-8-14-4-5-15(8)7-12(17)10-6-9(13)2-3-11(10)16/h2-6,16H,7H2,1H3. The van der Waals surface area contributed by atoms with Crippen molar-refractivity contribution in [1.82, 2.24) is 9.55 Å². The van der Waals surface area contributed by atoms with Crippen LogP contribution in [-0.4, -0.2) is 20.4 Å². The van der Waals surface area contributed by atoms with Gasteiger partial charge in [0.2, 0.25) is 0 Å². The maximum Gasteiger partial charge on any atom is 0.186 e. The number of halogens is 1. The molecule has 17 heavy (non-hydrogen) atoms. The molecule has 0 aliphatic heterocycles. The van der Waals surface area contributed by atoms with Crippen LogP contribution in [0.2, 0.25) is 5.02 Å². The highest BCUT2D eigenvalue weighted by Crippen LogP contribution is 2.22. The monoisotopic (exact) mass is 250 g/mol. The van der Waals surface area contributed by atoms with Crippen LogP contribution in [-0.2, 0) is 6.54 Å². The van der Waals surface area contributed by atoms with Gasteiger partial charge in [0.15, 0.2) is 5.78 Å². The largest absolute Gasteiger partial charge is 0.507 e. The van der Waals surface area contributed by atoms with Gasteiger partial charge in [0.25, 0.3) is 0 Å². The van der Waals surface area contributed by atoms with E-state index in [0.29, 0.717) is 5.02 Å². The van der Waals surface area contributed by atoms with Crippen molar-refractivity contribution in [2.45, 2.75) is 13.5 Å². The molecule has 4 nitrogen and oxygen atoms in total. The number of aromatic hydroxyl groups is 1. The molecule has 1 N–H and O–H groups in total. The number of carbonyl (C=O) groups excluding carboxylic acids is 1. The average molecular weight is 251 g/mol. The van der Waals surface area contributed by atoms with E-state index < -0.39 is 0 Å². The molecule has 2 aromatic rings. The maximum absolute atomic E-state index is 12.0. The van der Waals surface area contributed by atoms with Gasteiger partial charge in [-0.1, -0.05) is 11.6 Å². The number of hydrogen-bond acceptors (Lipinski definition) is 3. The molecule has 0 aliphatic carbocycles. The summed E-state index contributed by atoms with van der Waals surface area (Å²) in [5.74, 6) is 0.489. The van der Waals surface area contributed by atoms with Crippen molar-refractivity contribution in [1.29, 1.82) is 0 Å². The van der Waals surface area contributed by atoms with Crippen LogP contribution >= 0.6 is 11.6 Å². The lowest BCUT2D eigenvalue weighted by Crippen LogP contribution is -2.11. The summed E-state index contributed by atoms with van der Waals surface area (Å²) < 4.78 is 1.71. The van der Waals surface area contributed by atoms with Crippen molar-refractivity contribution < 1.29 is 9.90 Å². The second-order valence-corrected chi connectivity index (χ2v) is 4.12. The second-order valence-electron chi connectivity index (χ2n) is 3.69. The predicted molar refractivity (Wildman–Crippen MR) is 64.4 cm³/mol. The van der Waals surface area contributed by atoms with Crippen molar-refractivity contribution in [2.24, 2.45) is 0 Å². The molecule has 0 atom stereocenters. The first kappa shape index (κ1) is 11.7. The lowest BCUT2D eigenvalue weighted by atomic mass is 10.1. The highest BCUT2D eigenvalue weighted by atomic mass is 35.5. The second kappa shape index (κ2) is 4.59. The summed E-state index contributed by atoms with van der Waals surface area (Å²) in [6.07, 6.45) is 3.34. The molecule has 5 heteroatoms. The molecule has 0 radical (unpaired) electrons. The Morgan fingerprint density at radius 3 is 2.94 bits per heavy atom. The number of benzene rings is 1. The number of aryl methyl sites for hydroxylation is 1. The summed E-state index contributed by atoms with van der Waals surface area (Å²) >= 11 is 5.79. The zero-order chi connectivity index (χ0) is 12.4. The SMILES string of the molecule is Cc1nccn1CC(=O)c1cc(Cl)ccc1O. The summed E-state index contributed by atoms with van der Waals surface area (Å²) in [5.41, 5.74) is 0.227. The first-order valence-corrected chi connectivity index (χ1v) is 5.45. The van der Waals surface area contributed by atoms with E-state index in [0.717, 1.165) is 5.82 Å². The molecule has 0 aliphatic rings. The fourth-order valence-corrected chi connectivity index (χ4v) is 1.71. The van der Waals surface area contributed by atoms with Crippen LogP contribution < -0.4 is 0 Å². The van der Waals surface area contributed by atoms with Gasteiger partial charge in [0.1, 0.15) is 11.6 Å². The van der Waals surface area contributed by atoms with Gasteiger partial charge in [-0.15, -0.1) is 0 Å². The average Bonchev–Trinajstić information content (AvgIpc) is 2.68. The third-order valence-electron chi connectivity index (χ3n) is 2.50. The zero-order valence-corrected chi connectivity index (χ0v) is 9.98. The van der Waals surface area contributed by atoms with Crippen LogP contribution in [0.25, 0.3) is 0 Å². The minimum absolute atomic E-state index is 0.0582. The molecular formula is C12H11ClN2O2. The third kappa shape index (κ3) is 2.47. The Morgan fingerprint density at radius 2 is 2.29 bits per heavy atom. The van der Waals surface area contributed by atoms with Gasteiger partial charge in [0, 0.05) is 17.4 Å². The Hall–Kier alpha value is -1.81. The number of rotatable bonds is 3. The van der Waals surface area contributed by atoms with E-state index in [4.69, 9.17) is 11.6 Å². The van der Waals surface area contributed by atoms with E-state index in [2.05, 4.69) is 4.98 Å². The fraction of sp³-hybridized carbons (Fsp3) is 0.167. The Balaban J connectivity index is 2.26. The molecular weight excluding hydrogens is 240 g/mol. The molecule has 0 amide bonds. The van der Waals surface area contributed by atoms with Crippen LogP contribution in [0.15, 0.2) is 30.6 Å². The number of phenolic OH excluding ortho intramolecular Hbond substituents is 1. The number of aromatic nitrogens is 2. The Labute approximate surface area is 103 Å². The fourth-order valence-electron chi connectivity index (χ4n) is 1.54. The Bertz CT molecular complexity index is 563. The molecule has 0 fully saturated rings. The zero-order valence-electron chi connectivity index (χ0n) is 9.22. The number of ketones is 1. The van der Waals surface area contributed by atoms with Crippen LogP contribution in [0.4, 0.5) is 0 Å². The minimum atomic E-state index is -0.203. The van der Waals surface area contributed by atoms with E-state index in [9.17, 15) is 9.90 Å². The van der Waals surface area contributed by atoms with Crippen molar-refractivity contribution >= 4 is 17.4 Å². The molecule has 1 aromatic carbocycles. The molecule has 0 unspecified atom stereocenters. The van der Waals surface area contributed by atoms with Gasteiger partial charge >= 0.3 is 0 Å².